The lowest BCUT2D eigenvalue weighted by atomic mass is 10.1. The Balaban J connectivity index is 2.80. The maximum absolute atomic E-state index is 12.4. The van der Waals surface area contributed by atoms with Crippen LogP contribution >= 0.6 is 0 Å². The van der Waals surface area contributed by atoms with E-state index in [-0.39, 0.29) is 11.9 Å². The van der Waals surface area contributed by atoms with Gasteiger partial charge in [0.2, 0.25) is 5.91 Å². The van der Waals surface area contributed by atoms with Crippen LogP contribution in [0.1, 0.15) is 39.7 Å². The number of benzene rings is 1. The summed E-state index contributed by atoms with van der Waals surface area (Å²) in [5, 5.41) is 2.97. The molecule has 1 amide bonds. The van der Waals surface area contributed by atoms with Crippen molar-refractivity contribution in [1.29, 1.82) is 0 Å². The van der Waals surface area contributed by atoms with Crippen molar-refractivity contribution in [1.82, 2.24) is 4.90 Å². The minimum absolute atomic E-state index is 0.0415. The fourth-order valence-electron chi connectivity index (χ4n) is 2.49. The van der Waals surface area contributed by atoms with E-state index < -0.39 is 0 Å². The predicted octanol–water partition coefficient (Wildman–Crippen LogP) is 2.89. The number of likely N-dealkylation sites (N-methyl/N-ethyl adjacent to an activating group) is 1. The third kappa shape index (κ3) is 3.97. The Bertz CT molecular complexity index is 441. The highest BCUT2D eigenvalue weighted by molar-refractivity contribution is 5.95. The standard InChI is InChI=1S/C16H27N3O/c1-5-12-9-10-13(11-14(12)17)18-16(20)15(6-2)19(7-3)8-4/h9-11,15H,5-8,17H2,1-4H3,(H,18,20). The van der Waals surface area contributed by atoms with E-state index in [1.807, 2.05) is 25.1 Å². The molecule has 0 fully saturated rings. The van der Waals surface area contributed by atoms with Gasteiger partial charge in [0, 0.05) is 11.4 Å². The number of carbonyl (C=O) groups excluding carboxylic acids is 1. The lowest BCUT2D eigenvalue weighted by Gasteiger charge is -2.27. The monoisotopic (exact) mass is 277 g/mol. The normalized spacial score (nSPS) is 12.4. The van der Waals surface area contributed by atoms with Crippen molar-refractivity contribution >= 4 is 17.3 Å². The molecule has 0 heterocycles. The number of aryl methyl sites for hydroxylation is 1. The van der Waals surface area contributed by atoms with Crippen LogP contribution in [0.15, 0.2) is 18.2 Å². The third-order valence-electron chi connectivity index (χ3n) is 3.74. The van der Waals surface area contributed by atoms with E-state index in [0.717, 1.165) is 42.9 Å². The van der Waals surface area contributed by atoms with Crippen LogP contribution in [0.5, 0.6) is 0 Å². The van der Waals surface area contributed by atoms with Crippen molar-refractivity contribution in [2.75, 3.05) is 24.1 Å². The van der Waals surface area contributed by atoms with Crippen molar-refractivity contribution in [3.05, 3.63) is 23.8 Å². The van der Waals surface area contributed by atoms with Crippen LogP contribution in [0, 0.1) is 0 Å². The van der Waals surface area contributed by atoms with E-state index in [1.165, 1.54) is 0 Å². The summed E-state index contributed by atoms with van der Waals surface area (Å²) in [7, 11) is 0. The number of amides is 1. The predicted molar refractivity (Wildman–Crippen MR) is 85.9 cm³/mol. The Labute approximate surface area is 122 Å². The molecule has 1 aromatic rings. The third-order valence-corrected chi connectivity index (χ3v) is 3.74. The smallest absolute Gasteiger partial charge is 0.241 e. The molecule has 3 N–H and O–H groups in total. The quantitative estimate of drug-likeness (QED) is 0.753. The fourth-order valence-corrected chi connectivity index (χ4v) is 2.49. The summed E-state index contributed by atoms with van der Waals surface area (Å²) in [5.74, 6) is 0.0415. The molecule has 0 saturated heterocycles. The maximum atomic E-state index is 12.4. The average Bonchev–Trinajstić information content (AvgIpc) is 2.44. The molecule has 0 aromatic heterocycles. The van der Waals surface area contributed by atoms with Gasteiger partial charge in [0.1, 0.15) is 0 Å². The highest BCUT2D eigenvalue weighted by atomic mass is 16.2. The van der Waals surface area contributed by atoms with Crippen LogP contribution in [-0.4, -0.2) is 29.9 Å². The second kappa shape index (κ2) is 7.90. The van der Waals surface area contributed by atoms with Crippen LogP contribution in [0.3, 0.4) is 0 Å². The van der Waals surface area contributed by atoms with Crippen molar-refractivity contribution in [2.24, 2.45) is 0 Å². The van der Waals surface area contributed by atoms with Crippen LogP contribution in [0.25, 0.3) is 0 Å². The average molecular weight is 277 g/mol. The topological polar surface area (TPSA) is 58.4 Å². The molecule has 20 heavy (non-hydrogen) atoms. The molecular formula is C16H27N3O. The molecule has 4 heteroatoms. The summed E-state index contributed by atoms with van der Waals surface area (Å²) in [5.41, 5.74) is 8.59. The summed E-state index contributed by atoms with van der Waals surface area (Å²) >= 11 is 0. The number of nitrogens with one attached hydrogen (secondary N) is 1. The van der Waals surface area contributed by atoms with E-state index in [1.54, 1.807) is 0 Å². The van der Waals surface area contributed by atoms with Crippen molar-refractivity contribution < 1.29 is 4.79 Å². The number of nitrogens with zero attached hydrogens (tertiary/aromatic N) is 1. The SMILES string of the molecule is CCc1ccc(NC(=O)C(CC)N(CC)CC)cc1N. The largest absolute Gasteiger partial charge is 0.398 e. The number of nitrogens with two attached hydrogens (primary N) is 1. The Morgan fingerprint density at radius 3 is 2.35 bits per heavy atom. The highest BCUT2D eigenvalue weighted by Gasteiger charge is 2.21. The molecule has 4 nitrogen and oxygen atoms in total. The number of nitrogen functional groups attached to an aromatic ring is 1. The van der Waals surface area contributed by atoms with Gasteiger partial charge in [0.05, 0.1) is 6.04 Å². The number of carbonyl (C=O) groups is 1. The minimum Gasteiger partial charge on any atom is -0.398 e. The van der Waals surface area contributed by atoms with Crippen molar-refractivity contribution in [3.63, 3.8) is 0 Å². The van der Waals surface area contributed by atoms with Gasteiger partial charge in [0.15, 0.2) is 0 Å². The Morgan fingerprint density at radius 2 is 1.90 bits per heavy atom. The van der Waals surface area contributed by atoms with Gasteiger partial charge in [-0.25, -0.2) is 0 Å². The number of anilines is 2. The van der Waals surface area contributed by atoms with E-state index in [2.05, 4.69) is 31.0 Å². The Hall–Kier alpha value is -1.55. The van der Waals surface area contributed by atoms with Gasteiger partial charge < -0.3 is 11.1 Å². The molecule has 112 valence electrons. The molecule has 0 aliphatic heterocycles. The van der Waals surface area contributed by atoms with Gasteiger partial charge in [0.25, 0.3) is 0 Å². The molecule has 0 saturated carbocycles. The van der Waals surface area contributed by atoms with Crippen LogP contribution < -0.4 is 11.1 Å². The summed E-state index contributed by atoms with van der Waals surface area (Å²) in [6, 6.07) is 5.65. The molecule has 0 spiro atoms. The first-order valence-electron chi connectivity index (χ1n) is 7.50. The molecule has 1 atom stereocenters. The van der Waals surface area contributed by atoms with Crippen molar-refractivity contribution in [3.8, 4) is 0 Å². The second-order valence-electron chi connectivity index (χ2n) is 4.90. The molecule has 1 rings (SSSR count). The molecule has 0 radical (unpaired) electrons. The van der Waals surface area contributed by atoms with E-state index in [9.17, 15) is 4.79 Å². The first-order valence-corrected chi connectivity index (χ1v) is 7.50. The fraction of sp³-hybridized carbons (Fsp3) is 0.562. The molecule has 0 aliphatic rings. The number of hydrogen-bond acceptors (Lipinski definition) is 3. The molecule has 1 aromatic carbocycles. The van der Waals surface area contributed by atoms with Crippen molar-refractivity contribution in [2.45, 2.75) is 46.6 Å². The van der Waals surface area contributed by atoms with Gasteiger partial charge in [-0.2, -0.15) is 0 Å². The zero-order valence-corrected chi connectivity index (χ0v) is 13.1. The highest BCUT2D eigenvalue weighted by Crippen LogP contribution is 2.19. The number of hydrogen-bond donors (Lipinski definition) is 2. The summed E-state index contributed by atoms with van der Waals surface area (Å²) < 4.78 is 0. The zero-order chi connectivity index (χ0) is 15.1. The molecular weight excluding hydrogens is 250 g/mol. The summed E-state index contributed by atoms with van der Waals surface area (Å²) in [6.07, 6.45) is 1.70. The maximum Gasteiger partial charge on any atom is 0.241 e. The summed E-state index contributed by atoms with van der Waals surface area (Å²) in [4.78, 5) is 14.5. The lowest BCUT2D eigenvalue weighted by molar-refractivity contribution is -0.121. The molecule has 0 aliphatic carbocycles. The first-order chi connectivity index (χ1) is 9.57. The van der Waals surface area contributed by atoms with Gasteiger partial charge in [-0.15, -0.1) is 0 Å². The van der Waals surface area contributed by atoms with Gasteiger partial charge in [-0.1, -0.05) is 33.8 Å². The first kappa shape index (κ1) is 16.5. The second-order valence-corrected chi connectivity index (χ2v) is 4.90. The van der Waals surface area contributed by atoms with Crippen LogP contribution in [0.4, 0.5) is 11.4 Å². The Kier molecular flexibility index (Phi) is 6.52. The van der Waals surface area contributed by atoms with E-state index in [0.29, 0.717) is 0 Å². The van der Waals surface area contributed by atoms with Gasteiger partial charge in [-0.3, -0.25) is 9.69 Å². The number of rotatable bonds is 7. The lowest BCUT2D eigenvalue weighted by Crippen LogP contribution is -2.43. The molecule has 0 bridgehead atoms. The Morgan fingerprint density at radius 1 is 1.25 bits per heavy atom. The summed E-state index contributed by atoms with van der Waals surface area (Å²) in [6.45, 7) is 10.0. The van der Waals surface area contributed by atoms with E-state index in [4.69, 9.17) is 5.73 Å². The van der Waals surface area contributed by atoms with Gasteiger partial charge >= 0.3 is 0 Å². The minimum atomic E-state index is -0.0860. The molecule has 1 unspecified atom stereocenters. The van der Waals surface area contributed by atoms with E-state index >= 15 is 0 Å². The zero-order valence-electron chi connectivity index (χ0n) is 13.1. The van der Waals surface area contributed by atoms with Crippen LogP contribution in [0.2, 0.25) is 0 Å². The van der Waals surface area contributed by atoms with Gasteiger partial charge in [-0.05, 0) is 43.6 Å². The van der Waals surface area contributed by atoms with Crippen LogP contribution in [-0.2, 0) is 11.2 Å².